The number of H-pyrrole nitrogens is 1. The van der Waals surface area contributed by atoms with Crippen LogP contribution in [0.1, 0.15) is 0 Å². The monoisotopic (exact) mass is 236 g/mol. The van der Waals surface area contributed by atoms with Gasteiger partial charge in [0.05, 0.1) is 7.11 Å². The van der Waals surface area contributed by atoms with Gasteiger partial charge in [0.15, 0.2) is 11.6 Å². The number of aromatic amines is 1. The van der Waals surface area contributed by atoms with E-state index in [2.05, 4.69) is 15.0 Å². The zero-order valence-corrected chi connectivity index (χ0v) is 8.90. The second-order valence-corrected chi connectivity index (χ2v) is 3.21. The minimum absolute atomic E-state index is 0.109. The molecule has 1 aromatic heterocycles. The molecule has 0 aliphatic heterocycles. The largest absolute Gasteiger partial charge is 0.494 e. The lowest BCUT2D eigenvalue weighted by Gasteiger charge is -2.04. The quantitative estimate of drug-likeness (QED) is 0.794. The van der Waals surface area contributed by atoms with Crippen LogP contribution in [0, 0.1) is 5.82 Å². The van der Waals surface area contributed by atoms with Gasteiger partial charge in [-0.15, -0.1) is 0 Å². The van der Waals surface area contributed by atoms with Crippen LogP contribution in [-0.4, -0.2) is 22.1 Å². The molecule has 1 heterocycles. The molecule has 0 fully saturated rings. The van der Waals surface area contributed by atoms with Gasteiger partial charge in [0.1, 0.15) is 5.82 Å². The van der Waals surface area contributed by atoms with Crippen LogP contribution in [0.3, 0.4) is 0 Å². The van der Waals surface area contributed by atoms with Crippen molar-refractivity contribution in [3.05, 3.63) is 34.5 Å². The Labute approximate surface area is 95.3 Å². The Morgan fingerprint density at radius 1 is 1.41 bits per heavy atom. The summed E-state index contributed by atoms with van der Waals surface area (Å²) < 4.78 is 18.2. The molecule has 6 nitrogen and oxygen atoms in total. The minimum Gasteiger partial charge on any atom is -0.494 e. The number of methoxy groups -OCH3 is 1. The van der Waals surface area contributed by atoms with Crippen LogP contribution < -0.4 is 16.2 Å². The maximum absolute atomic E-state index is 13.4. The number of halogens is 1. The van der Waals surface area contributed by atoms with Crippen LogP contribution in [0.2, 0.25) is 0 Å². The van der Waals surface area contributed by atoms with Gasteiger partial charge in [0.2, 0.25) is 5.95 Å². The van der Waals surface area contributed by atoms with Crippen molar-refractivity contribution in [2.75, 3.05) is 12.8 Å². The van der Waals surface area contributed by atoms with Crippen molar-refractivity contribution in [2.45, 2.75) is 0 Å². The van der Waals surface area contributed by atoms with Gasteiger partial charge in [0.25, 0.3) is 0 Å². The molecule has 7 heteroatoms. The highest BCUT2D eigenvalue weighted by Crippen LogP contribution is 2.22. The van der Waals surface area contributed by atoms with Crippen molar-refractivity contribution in [3.8, 4) is 17.1 Å². The molecule has 0 amide bonds. The highest BCUT2D eigenvalue weighted by Gasteiger charge is 2.08. The molecule has 1 aromatic carbocycles. The molecule has 2 rings (SSSR count). The zero-order chi connectivity index (χ0) is 12.4. The van der Waals surface area contributed by atoms with Gasteiger partial charge in [-0.05, 0) is 18.2 Å². The van der Waals surface area contributed by atoms with E-state index in [1.807, 2.05) is 0 Å². The molecule has 88 valence electrons. The van der Waals surface area contributed by atoms with Gasteiger partial charge in [-0.25, -0.2) is 9.18 Å². The molecule has 0 bridgehead atoms. The summed E-state index contributed by atoms with van der Waals surface area (Å²) in [5.41, 5.74) is 5.08. The molecule has 0 atom stereocenters. The van der Waals surface area contributed by atoms with Gasteiger partial charge in [-0.1, -0.05) is 0 Å². The molecule has 0 aliphatic carbocycles. The fraction of sp³-hybridized carbons (Fsp3) is 0.100. The number of rotatable bonds is 2. The smallest absolute Gasteiger partial charge is 0.349 e. The van der Waals surface area contributed by atoms with E-state index in [0.717, 1.165) is 0 Å². The Balaban J connectivity index is 2.53. The number of nitrogens with two attached hydrogens (primary N) is 1. The number of hydrogen-bond donors (Lipinski definition) is 2. The molecule has 0 radical (unpaired) electrons. The average molecular weight is 236 g/mol. The van der Waals surface area contributed by atoms with E-state index < -0.39 is 11.5 Å². The summed E-state index contributed by atoms with van der Waals surface area (Å²) in [7, 11) is 1.36. The molecular formula is C10H9FN4O2. The second kappa shape index (κ2) is 4.20. The van der Waals surface area contributed by atoms with Gasteiger partial charge in [-0.3, -0.25) is 4.98 Å². The van der Waals surface area contributed by atoms with Crippen LogP contribution in [-0.2, 0) is 0 Å². The normalized spacial score (nSPS) is 10.2. The first kappa shape index (κ1) is 11.1. The topological polar surface area (TPSA) is 93.9 Å². The van der Waals surface area contributed by atoms with Crippen molar-refractivity contribution >= 4 is 5.95 Å². The first-order chi connectivity index (χ1) is 8.10. The fourth-order valence-electron chi connectivity index (χ4n) is 1.35. The van der Waals surface area contributed by atoms with Crippen LogP contribution in [0.25, 0.3) is 11.4 Å². The van der Waals surface area contributed by atoms with Crippen LogP contribution in [0.15, 0.2) is 23.0 Å². The molecule has 17 heavy (non-hydrogen) atoms. The number of benzene rings is 1. The summed E-state index contributed by atoms with van der Waals surface area (Å²) in [6, 6.07) is 4.18. The van der Waals surface area contributed by atoms with Crippen molar-refractivity contribution in [3.63, 3.8) is 0 Å². The Morgan fingerprint density at radius 2 is 2.18 bits per heavy atom. The summed E-state index contributed by atoms with van der Waals surface area (Å²) in [6.07, 6.45) is 0. The molecule has 0 aliphatic rings. The predicted octanol–water partition coefficient (Wildman–Crippen LogP) is 0.562. The van der Waals surface area contributed by atoms with Crippen LogP contribution in [0.5, 0.6) is 5.75 Å². The first-order valence-corrected chi connectivity index (χ1v) is 4.68. The number of nitrogen functional groups attached to an aromatic ring is 1. The number of nitrogens with zero attached hydrogens (tertiary/aromatic N) is 2. The number of nitrogens with one attached hydrogen (secondary N) is 1. The van der Waals surface area contributed by atoms with Crippen LogP contribution in [0.4, 0.5) is 10.3 Å². The van der Waals surface area contributed by atoms with Crippen molar-refractivity contribution in [2.24, 2.45) is 0 Å². The maximum Gasteiger partial charge on any atom is 0.349 e. The molecule has 0 unspecified atom stereocenters. The third-order valence-corrected chi connectivity index (χ3v) is 2.09. The lowest BCUT2D eigenvalue weighted by atomic mass is 10.2. The zero-order valence-electron chi connectivity index (χ0n) is 8.90. The van der Waals surface area contributed by atoms with E-state index in [1.54, 1.807) is 6.07 Å². The Hall–Kier alpha value is -2.44. The molecular weight excluding hydrogens is 227 g/mol. The van der Waals surface area contributed by atoms with E-state index in [9.17, 15) is 9.18 Å². The minimum atomic E-state index is -0.635. The van der Waals surface area contributed by atoms with E-state index in [1.165, 1.54) is 19.2 Å². The maximum atomic E-state index is 13.4. The molecule has 3 N–H and O–H groups in total. The molecule has 2 aromatic rings. The van der Waals surface area contributed by atoms with E-state index in [4.69, 9.17) is 10.5 Å². The van der Waals surface area contributed by atoms with Gasteiger partial charge in [0, 0.05) is 5.56 Å². The summed E-state index contributed by atoms with van der Waals surface area (Å²) in [5, 5.41) is 0. The lowest BCUT2D eigenvalue weighted by molar-refractivity contribution is 0.386. The second-order valence-electron chi connectivity index (χ2n) is 3.21. The van der Waals surface area contributed by atoms with Crippen molar-refractivity contribution < 1.29 is 9.13 Å². The summed E-state index contributed by atoms with van der Waals surface area (Å²) in [6.45, 7) is 0. The summed E-state index contributed by atoms with van der Waals surface area (Å²) in [4.78, 5) is 20.6. The van der Waals surface area contributed by atoms with Gasteiger partial charge < -0.3 is 10.5 Å². The fourth-order valence-corrected chi connectivity index (χ4v) is 1.35. The van der Waals surface area contributed by atoms with Gasteiger partial charge in [-0.2, -0.15) is 9.97 Å². The Morgan fingerprint density at radius 3 is 2.76 bits per heavy atom. The number of anilines is 1. The van der Waals surface area contributed by atoms with E-state index in [-0.39, 0.29) is 17.5 Å². The number of hydrogen-bond acceptors (Lipinski definition) is 5. The van der Waals surface area contributed by atoms with Crippen molar-refractivity contribution in [1.29, 1.82) is 0 Å². The SMILES string of the molecule is COc1ccc(-c2nc(N)nc(=O)[nH]2)cc1F. The molecule has 0 saturated heterocycles. The number of ether oxygens (including phenoxy) is 1. The highest BCUT2D eigenvalue weighted by molar-refractivity contribution is 5.57. The molecule has 0 saturated carbocycles. The molecule has 0 spiro atoms. The highest BCUT2D eigenvalue weighted by atomic mass is 19.1. The number of aromatic nitrogens is 3. The summed E-state index contributed by atoms with van der Waals surface area (Å²) >= 11 is 0. The lowest BCUT2D eigenvalue weighted by Crippen LogP contribution is -2.15. The third-order valence-electron chi connectivity index (χ3n) is 2.09. The van der Waals surface area contributed by atoms with Crippen LogP contribution >= 0.6 is 0 Å². The van der Waals surface area contributed by atoms with E-state index >= 15 is 0 Å². The Kier molecular flexibility index (Phi) is 2.73. The standard InChI is InChI=1S/C10H9FN4O2/c1-17-7-3-2-5(4-6(7)11)8-13-9(12)15-10(16)14-8/h2-4H,1H3,(H3,12,13,14,15,16). The van der Waals surface area contributed by atoms with Crippen molar-refractivity contribution in [1.82, 2.24) is 15.0 Å². The van der Waals surface area contributed by atoms with Gasteiger partial charge >= 0.3 is 5.69 Å². The average Bonchev–Trinajstić information content (AvgIpc) is 2.27. The summed E-state index contributed by atoms with van der Waals surface area (Å²) in [5.74, 6) is -0.454. The van der Waals surface area contributed by atoms with E-state index in [0.29, 0.717) is 5.56 Å². The third kappa shape index (κ3) is 2.22. The predicted molar refractivity (Wildman–Crippen MR) is 59.0 cm³/mol. The first-order valence-electron chi connectivity index (χ1n) is 4.68. The Bertz CT molecular complexity index is 611.